The summed E-state index contributed by atoms with van der Waals surface area (Å²) < 4.78 is 5.27. The van der Waals surface area contributed by atoms with E-state index in [-0.39, 0.29) is 5.78 Å². The number of hydrogen-bond acceptors (Lipinski definition) is 3. The van der Waals surface area contributed by atoms with E-state index >= 15 is 0 Å². The van der Waals surface area contributed by atoms with Crippen LogP contribution in [0.2, 0.25) is 0 Å². The molecule has 0 unspecified atom stereocenters. The van der Waals surface area contributed by atoms with Crippen LogP contribution >= 0.6 is 0 Å². The molecule has 0 saturated carbocycles. The maximum absolute atomic E-state index is 12.2. The zero-order chi connectivity index (χ0) is 15.2. The largest absolute Gasteiger partial charge is 0.495 e. The zero-order valence-corrected chi connectivity index (χ0v) is 12.5. The minimum atomic E-state index is -0.0186. The van der Waals surface area contributed by atoms with Gasteiger partial charge in [-0.25, -0.2) is 0 Å². The molecule has 0 aliphatic carbocycles. The normalized spacial score (nSPS) is 11.1. The van der Waals surface area contributed by atoms with Gasteiger partial charge in [-0.1, -0.05) is 42.0 Å². The summed E-state index contributed by atoms with van der Waals surface area (Å²) in [5.41, 5.74) is 3.43. The number of rotatable bonds is 5. The van der Waals surface area contributed by atoms with Gasteiger partial charge in [-0.3, -0.25) is 4.79 Å². The molecule has 0 atom stereocenters. The fourth-order valence-corrected chi connectivity index (χ4v) is 1.99. The van der Waals surface area contributed by atoms with Crippen LogP contribution in [0, 0.1) is 6.92 Å². The van der Waals surface area contributed by atoms with Crippen LogP contribution in [0.1, 0.15) is 22.8 Å². The molecule has 0 saturated heterocycles. The van der Waals surface area contributed by atoms with Crippen LogP contribution in [-0.4, -0.2) is 12.9 Å². The van der Waals surface area contributed by atoms with Crippen molar-refractivity contribution in [2.75, 3.05) is 12.4 Å². The molecule has 0 fully saturated rings. The Morgan fingerprint density at radius 1 is 1.10 bits per heavy atom. The highest BCUT2D eigenvalue weighted by molar-refractivity contribution is 6.05. The van der Waals surface area contributed by atoms with Gasteiger partial charge < -0.3 is 10.1 Å². The molecule has 3 nitrogen and oxygen atoms in total. The van der Waals surface area contributed by atoms with Crippen LogP contribution in [-0.2, 0) is 0 Å². The maximum Gasteiger partial charge on any atom is 0.187 e. The molecule has 1 N–H and O–H groups in total. The number of anilines is 1. The van der Waals surface area contributed by atoms with Crippen molar-refractivity contribution in [2.45, 2.75) is 13.8 Å². The Morgan fingerprint density at radius 2 is 1.76 bits per heavy atom. The summed E-state index contributed by atoms with van der Waals surface area (Å²) in [6.07, 6.45) is 1.59. The SMILES string of the molecule is COc1ccccc1N/C(C)=C/C(=O)c1ccc(C)cc1. The van der Waals surface area contributed by atoms with E-state index in [1.807, 2.05) is 62.4 Å². The quantitative estimate of drug-likeness (QED) is 0.659. The van der Waals surface area contributed by atoms with E-state index < -0.39 is 0 Å². The molecule has 0 amide bonds. The predicted octanol–water partition coefficient (Wildman–Crippen LogP) is 4.20. The minimum Gasteiger partial charge on any atom is -0.495 e. The van der Waals surface area contributed by atoms with E-state index in [1.54, 1.807) is 13.2 Å². The number of carbonyl (C=O) groups excluding carboxylic acids is 1. The van der Waals surface area contributed by atoms with E-state index in [1.165, 1.54) is 0 Å². The van der Waals surface area contributed by atoms with E-state index in [0.29, 0.717) is 5.56 Å². The van der Waals surface area contributed by atoms with Gasteiger partial charge in [0.1, 0.15) is 5.75 Å². The summed E-state index contributed by atoms with van der Waals surface area (Å²) in [6.45, 7) is 3.86. The topological polar surface area (TPSA) is 38.3 Å². The molecular formula is C18H19NO2. The molecule has 2 aromatic rings. The molecule has 0 heterocycles. The van der Waals surface area contributed by atoms with Crippen LogP contribution in [0.25, 0.3) is 0 Å². The minimum absolute atomic E-state index is 0.0186. The first-order valence-electron chi connectivity index (χ1n) is 6.79. The number of methoxy groups -OCH3 is 1. The summed E-state index contributed by atoms with van der Waals surface area (Å²) in [7, 11) is 1.62. The Labute approximate surface area is 125 Å². The molecular weight excluding hydrogens is 262 g/mol. The molecule has 21 heavy (non-hydrogen) atoms. The third-order valence-corrected chi connectivity index (χ3v) is 3.12. The van der Waals surface area contributed by atoms with Gasteiger partial charge in [0.25, 0.3) is 0 Å². The molecule has 0 aliphatic rings. The number of carbonyl (C=O) groups is 1. The van der Waals surface area contributed by atoms with Crippen molar-refractivity contribution in [3.05, 3.63) is 71.4 Å². The average molecular weight is 281 g/mol. The predicted molar refractivity (Wildman–Crippen MR) is 85.9 cm³/mol. The lowest BCUT2D eigenvalue weighted by Crippen LogP contribution is -2.02. The lowest BCUT2D eigenvalue weighted by molar-refractivity contribution is 0.104. The third kappa shape index (κ3) is 3.96. The first-order valence-corrected chi connectivity index (χ1v) is 6.79. The van der Waals surface area contributed by atoms with Gasteiger partial charge in [-0.05, 0) is 26.0 Å². The summed E-state index contributed by atoms with van der Waals surface area (Å²) >= 11 is 0. The highest BCUT2D eigenvalue weighted by Crippen LogP contribution is 2.24. The molecule has 108 valence electrons. The van der Waals surface area contributed by atoms with Crippen molar-refractivity contribution in [3.8, 4) is 5.75 Å². The van der Waals surface area contributed by atoms with Crippen LogP contribution in [0.3, 0.4) is 0 Å². The number of ether oxygens (including phenoxy) is 1. The molecule has 0 bridgehead atoms. The standard InChI is InChI=1S/C18H19NO2/c1-13-8-10-15(11-9-13)17(20)12-14(2)19-16-6-4-5-7-18(16)21-3/h4-12,19H,1-3H3/b14-12+. The number of aryl methyl sites for hydroxylation is 1. The number of para-hydroxylation sites is 2. The Kier molecular flexibility index (Phi) is 4.77. The number of benzene rings is 2. The number of nitrogens with one attached hydrogen (secondary N) is 1. The Bertz CT molecular complexity index is 657. The van der Waals surface area contributed by atoms with Crippen LogP contribution in [0.15, 0.2) is 60.3 Å². The summed E-state index contributed by atoms with van der Waals surface area (Å²) in [5.74, 6) is 0.725. The molecule has 2 rings (SSSR count). The lowest BCUT2D eigenvalue weighted by Gasteiger charge is -2.10. The summed E-state index contributed by atoms with van der Waals surface area (Å²) in [5, 5.41) is 3.19. The highest BCUT2D eigenvalue weighted by atomic mass is 16.5. The second-order valence-corrected chi connectivity index (χ2v) is 4.88. The summed E-state index contributed by atoms with van der Waals surface area (Å²) in [4.78, 5) is 12.2. The number of ketones is 1. The smallest absolute Gasteiger partial charge is 0.187 e. The van der Waals surface area contributed by atoms with Gasteiger partial charge in [-0.2, -0.15) is 0 Å². The second kappa shape index (κ2) is 6.75. The monoisotopic (exact) mass is 281 g/mol. The fraction of sp³-hybridized carbons (Fsp3) is 0.167. The van der Waals surface area contributed by atoms with Crippen molar-refractivity contribution < 1.29 is 9.53 Å². The molecule has 2 aromatic carbocycles. The molecule has 0 aromatic heterocycles. The van der Waals surface area contributed by atoms with E-state index in [4.69, 9.17) is 4.74 Å². The molecule has 0 radical (unpaired) electrons. The molecule has 3 heteroatoms. The van der Waals surface area contributed by atoms with Crippen molar-refractivity contribution in [1.82, 2.24) is 0 Å². The highest BCUT2D eigenvalue weighted by Gasteiger charge is 2.05. The lowest BCUT2D eigenvalue weighted by atomic mass is 10.1. The van der Waals surface area contributed by atoms with Crippen LogP contribution in [0.4, 0.5) is 5.69 Å². The maximum atomic E-state index is 12.2. The fourth-order valence-electron chi connectivity index (χ4n) is 1.99. The van der Waals surface area contributed by atoms with Crippen LogP contribution in [0.5, 0.6) is 5.75 Å². The Morgan fingerprint density at radius 3 is 2.43 bits per heavy atom. The van der Waals surface area contributed by atoms with Gasteiger partial charge >= 0.3 is 0 Å². The summed E-state index contributed by atoms with van der Waals surface area (Å²) in [6, 6.07) is 15.1. The van der Waals surface area contributed by atoms with Gasteiger partial charge in [0.05, 0.1) is 12.8 Å². The van der Waals surface area contributed by atoms with Crippen molar-refractivity contribution in [1.29, 1.82) is 0 Å². The van der Waals surface area contributed by atoms with Gasteiger partial charge in [-0.15, -0.1) is 0 Å². The first-order chi connectivity index (χ1) is 10.1. The first kappa shape index (κ1) is 14.9. The van der Waals surface area contributed by atoms with Gasteiger partial charge in [0.15, 0.2) is 5.78 Å². The van der Waals surface area contributed by atoms with Crippen LogP contribution < -0.4 is 10.1 Å². The number of allylic oxidation sites excluding steroid dienone is 2. The molecule has 0 aliphatic heterocycles. The zero-order valence-electron chi connectivity index (χ0n) is 12.5. The van der Waals surface area contributed by atoms with Crippen molar-refractivity contribution in [2.24, 2.45) is 0 Å². The van der Waals surface area contributed by atoms with Gasteiger partial charge in [0, 0.05) is 17.3 Å². The second-order valence-electron chi connectivity index (χ2n) is 4.88. The van der Waals surface area contributed by atoms with Crippen molar-refractivity contribution in [3.63, 3.8) is 0 Å². The van der Waals surface area contributed by atoms with Gasteiger partial charge in [0.2, 0.25) is 0 Å². The van der Waals surface area contributed by atoms with E-state index in [0.717, 1.165) is 22.7 Å². The van der Waals surface area contributed by atoms with E-state index in [9.17, 15) is 4.79 Å². The third-order valence-electron chi connectivity index (χ3n) is 3.12. The average Bonchev–Trinajstić information content (AvgIpc) is 2.48. The Hall–Kier alpha value is -2.55. The van der Waals surface area contributed by atoms with E-state index in [2.05, 4.69) is 5.32 Å². The Balaban J connectivity index is 2.13. The van der Waals surface area contributed by atoms with Crippen molar-refractivity contribution >= 4 is 11.5 Å². The number of hydrogen-bond donors (Lipinski definition) is 1. The molecule has 0 spiro atoms.